The van der Waals surface area contributed by atoms with Crippen molar-refractivity contribution < 1.29 is 14.3 Å². The molecule has 0 spiro atoms. The summed E-state index contributed by atoms with van der Waals surface area (Å²) in [7, 11) is 0. The molecule has 1 aliphatic heterocycles. The third-order valence-corrected chi connectivity index (χ3v) is 5.93. The third kappa shape index (κ3) is 8.17. The molecule has 0 bridgehead atoms. The van der Waals surface area contributed by atoms with E-state index in [1.54, 1.807) is 0 Å². The predicted octanol–water partition coefficient (Wildman–Crippen LogP) is 4.99. The van der Waals surface area contributed by atoms with Gasteiger partial charge in [0.1, 0.15) is 0 Å². The van der Waals surface area contributed by atoms with Crippen LogP contribution in [-0.4, -0.2) is 44.7 Å². The van der Waals surface area contributed by atoms with Crippen molar-refractivity contribution in [3.8, 4) is 0 Å². The minimum absolute atomic E-state index is 0.0116. The zero-order chi connectivity index (χ0) is 22.5. The lowest BCUT2D eigenvalue weighted by atomic mass is 9.98. The molecule has 1 aliphatic rings. The Bertz CT molecular complexity index is 687. The van der Waals surface area contributed by atoms with E-state index in [1.807, 2.05) is 25.1 Å². The zero-order valence-electron chi connectivity index (χ0n) is 19.7. The quantitative estimate of drug-likeness (QED) is 0.432. The molecule has 2 rings (SSSR count). The molecule has 1 saturated heterocycles. The van der Waals surface area contributed by atoms with Gasteiger partial charge in [-0.25, -0.2) is 0 Å². The molecule has 6 heteroatoms. The third-order valence-electron chi connectivity index (χ3n) is 5.93. The summed E-state index contributed by atoms with van der Waals surface area (Å²) in [5.74, 6) is -0.0338. The molecule has 2 amide bonds. The summed E-state index contributed by atoms with van der Waals surface area (Å²) < 4.78 is 5.36. The van der Waals surface area contributed by atoms with Gasteiger partial charge in [-0.1, -0.05) is 26.7 Å². The normalized spacial score (nSPS) is 14.9. The van der Waals surface area contributed by atoms with E-state index in [0.29, 0.717) is 31.0 Å². The molecule has 174 valence electrons. The van der Waals surface area contributed by atoms with Gasteiger partial charge in [-0.3, -0.25) is 9.59 Å². The predicted molar refractivity (Wildman–Crippen MR) is 128 cm³/mol. The standard InChI is InChI=1S/C25H41N3O3/c1-4-7-12-20(5-2)24(29)27-21-13-14-23(28-16-9-8-10-17-28)22(19-21)25(30)26-15-11-18-31-6-3/h13-14,19-20H,4-12,15-18H2,1-3H3,(H,26,30)(H,27,29)/t20-/m1/s1. The number of amides is 2. The maximum Gasteiger partial charge on any atom is 0.253 e. The minimum Gasteiger partial charge on any atom is -0.382 e. The molecule has 0 aliphatic carbocycles. The smallest absolute Gasteiger partial charge is 0.253 e. The van der Waals surface area contributed by atoms with Crippen LogP contribution in [0.15, 0.2) is 18.2 Å². The van der Waals surface area contributed by atoms with E-state index in [2.05, 4.69) is 29.4 Å². The maximum atomic E-state index is 13.0. The van der Waals surface area contributed by atoms with Crippen molar-refractivity contribution in [2.75, 3.05) is 43.1 Å². The first-order chi connectivity index (χ1) is 15.1. The number of piperidine rings is 1. The average molecular weight is 432 g/mol. The molecule has 31 heavy (non-hydrogen) atoms. The molecule has 0 saturated carbocycles. The highest BCUT2D eigenvalue weighted by Gasteiger charge is 2.21. The minimum atomic E-state index is -0.0915. The van der Waals surface area contributed by atoms with Gasteiger partial charge >= 0.3 is 0 Å². The Kier molecular flexibility index (Phi) is 11.4. The lowest BCUT2D eigenvalue weighted by Crippen LogP contribution is -2.33. The largest absolute Gasteiger partial charge is 0.382 e. The van der Waals surface area contributed by atoms with E-state index in [9.17, 15) is 9.59 Å². The van der Waals surface area contributed by atoms with Gasteiger partial charge in [0.2, 0.25) is 5.91 Å². The van der Waals surface area contributed by atoms with Crippen LogP contribution in [0.25, 0.3) is 0 Å². The number of hydrogen-bond acceptors (Lipinski definition) is 4. The highest BCUT2D eigenvalue weighted by molar-refractivity contribution is 6.02. The fraction of sp³-hybridized carbons (Fsp3) is 0.680. The van der Waals surface area contributed by atoms with Crippen molar-refractivity contribution in [3.05, 3.63) is 23.8 Å². The fourth-order valence-electron chi connectivity index (χ4n) is 4.04. The van der Waals surface area contributed by atoms with Gasteiger partial charge in [0.15, 0.2) is 0 Å². The highest BCUT2D eigenvalue weighted by Crippen LogP contribution is 2.28. The van der Waals surface area contributed by atoms with Crippen molar-refractivity contribution in [2.45, 2.75) is 72.1 Å². The van der Waals surface area contributed by atoms with E-state index < -0.39 is 0 Å². The molecule has 1 fully saturated rings. The number of unbranched alkanes of at least 4 members (excludes halogenated alkanes) is 1. The van der Waals surface area contributed by atoms with E-state index in [-0.39, 0.29) is 17.7 Å². The van der Waals surface area contributed by atoms with Crippen molar-refractivity contribution in [1.82, 2.24) is 5.32 Å². The first-order valence-corrected chi connectivity index (χ1v) is 12.2. The summed E-state index contributed by atoms with van der Waals surface area (Å²) in [5, 5.41) is 6.08. The van der Waals surface area contributed by atoms with Gasteiger partial charge in [0.05, 0.1) is 5.56 Å². The van der Waals surface area contributed by atoms with Gasteiger partial charge < -0.3 is 20.3 Å². The number of ether oxygens (including phenoxy) is 1. The molecule has 1 aromatic rings. The van der Waals surface area contributed by atoms with Crippen molar-refractivity contribution in [2.24, 2.45) is 5.92 Å². The van der Waals surface area contributed by atoms with Gasteiger partial charge in [-0.15, -0.1) is 0 Å². The molecule has 1 atom stereocenters. The number of carbonyl (C=O) groups is 2. The second-order valence-corrected chi connectivity index (χ2v) is 8.32. The number of hydrogen-bond donors (Lipinski definition) is 2. The number of nitrogens with zero attached hydrogens (tertiary/aromatic N) is 1. The summed E-state index contributed by atoms with van der Waals surface area (Å²) in [6.07, 6.45) is 8.16. The zero-order valence-corrected chi connectivity index (χ0v) is 19.7. The van der Waals surface area contributed by atoms with Crippen LogP contribution in [0.2, 0.25) is 0 Å². The van der Waals surface area contributed by atoms with Crippen LogP contribution in [0.5, 0.6) is 0 Å². The number of rotatable bonds is 13. The van der Waals surface area contributed by atoms with Gasteiger partial charge in [0, 0.05) is 50.1 Å². The molecular formula is C25H41N3O3. The van der Waals surface area contributed by atoms with Crippen molar-refractivity contribution in [1.29, 1.82) is 0 Å². The molecule has 0 aromatic heterocycles. The molecule has 1 heterocycles. The molecule has 1 aromatic carbocycles. The Labute approximate surface area is 188 Å². The van der Waals surface area contributed by atoms with Crippen molar-refractivity contribution >= 4 is 23.2 Å². The summed E-state index contributed by atoms with van der Waals surface area (Å²) in [6.45, 7) is 9.99. The molecule has 0 radical (unpaired) electrons. The van der Waals surface area contributed by atoms with Crippen LogP contribution >= 0.6 is 0 Å². The van der Waals surface area contributed by atoms with Crippen LogP contribution in [-0.2, 0) is 9.53 Å². The monoisotopic (exact) mass is 431 g/mol. The Balaban J connectivity index is 2.14. The summed E-state index contributed by atoms with van der Waals surface area (Å²) >= 11 is 0. The van der Waals surface area contributed by atoms with Gasteiger partial charge in [0.25, 0.3) is 5.91 Å². The Hall–Kier alpha value is -2.08. The number of anilines is 2. The Morgan fingerprint density at radius 3 is 2.55 bits per heavy atom. The second-order valence-electron chi connectivity index (χ2n) is 8.32. The Morgan fingerprint density at radius 1 is 1.10 bits per heavy atom. The first-order valence-electron chi connectivity index (χ1n) is 12.2. The summed E-state index contributed by atoms with van der Waals surface area (Å²) in [4.78, 5) is 28.1. The van der Waals surface area contributed by atoms with Crippen LogP contribution in [0, 0.1) is 5.92 Å². The highest BCUT2D eigenvalue weighted by atomic mass is 16.5. The topological polar surface area (TPSA) is 70.7 Å². The lowest BCUT2D eigenvalue weighted by Gasteiger charge is -2.30. The lowest BCUT2D eigenvalue weighted by molar-refractivity contribution is -0.120. The van der Waals surface area contributed by atoms with Gasteiger partial charge in [-0.2, -0.15) is 0 Å². The van der Waals surface area contributed by atoms with Crippen LogP contribution in [0.1, 0.15) is 82.5 Å². The number of benzene rings is 1. The van der Waals surface area contributed by atoms with E-state index in [0.717, 1.165) is 63.7 Å². The molecule has 6 nitrogen and oxygen atoms in total. The van der Waals surface area contributed by atoms with Crippen molar-refractivity contribution in [3.63, 3.8) is 0 Å². The van der Waals surface area contributed by atoms with E-state index in [4.69, 9.17) is 4.74 Å². The van der Waals surface area contributed by atoms with E-state index in [1.165, 1.54) is 6.42 Å². The maximum absolute atomic E-state index is 13.0. The molecule has 0 unspecified atom stereocenters. The Morgan fingerprint density at radius 2 is 1.87 bits per heavy atom. The number of nitrogens with one attached hydrogen (secondary N) is 2. The molecular weight excluding hydrogens is 390 g/mol. The van der Waals surface area contributed by atoms with E-state index >= 15 is 0 Å². The number of carbonyl (C=O) groups excluding carboxylic acids is 2. The summed E-state index contributed by atoms with van der Waals surface area (Å²) in [6, 6.07) is 5.76. The van der Waals surface area contributed by atoms with Gasteiger partial charge in [-0.05, 0) is 63.6 Å². The first kappa shape index (κ1) is 25.2. The average Bonchev–Trinajstić information content (AvgIpc) is 2.80. The second kappa shape index (κ2) is 14.1. The fourth-order valence-corrected chi connectivity index (χ4v) is 4.04. The summed E-state index contributed by atoms with van der Waals surface area (Å²) in [5.41, 5.74) is 2.29. The van der Waals surface area contributed by atoms with Crippen LogP contribution < -0.4 is 15.5 Å². The van der Waals surface area contributed by atoms with Crippen LogP contribution in [0.3, 0.4) is 0 Å². The molecule has 2 N–H and O–H groups in total. The SMILES string of the molecule is CCCC[C@@H](CC)C(=O)Nc1ccc(N2CCCCC2)c(C(=O)NCCCOCC)c1. The van der Waals surface area contributed by atoms with Crippen LogP contribution in [0.4, 0.5) is 11.4 Å².